The van der Waals surface area contributed by atoms with Crippen molar-refractivity contribution in [1.82, 2.24) is 5.16 Å². The van der Waals surface area contributed by atoms with Gasteiger partial charge in [0.05, 0.1) is 11.1 Å². The van der Waals surface area contributed by atoms with E-state index in [2.05, 4.69) is 21.1 Å². The molecule has 5 heteroatoms. The van der Waals surface area contributed by atoms with Crippen molar-refractivity contribution in [3.8, 4) is 11.3 Å². The Kier molecular flexibility index (Phi) is 3.86. The van der Waals surface area contributed by atoms with Crippen LogP contribution in [0, 0.1) is 0 Å². The minimum Gasteiger partial charge on any atom is -0.359 e. The maximum absolute atomic E-state index is 6.14. The van der Waals surface area contributed by atoms with Crippen LogP contribution in [0.3, 0.4) is 0 Å². The van der Waals surface area contributed by atoms with Crippen LogP contribution in [0.5, 0.6) is 0 Å². The van der Waals surface area contributed by atoms with Gasteiger partial charge in [-0.1, -0.05) is 45.7 Å². The summed E-state index contributed by atoms with van der Waals surface area (Å²) >= 11 is 9.50. The zero-order valence-corrected chi connectivity index (χ0v) is 11.6. The molecule has 2 aromatic rings. The molecule has 0 bridgehead atoms. The zero-order chi connectivity index (χ0) is 12.4. The van der Waals surface area contributed by atoms with Crippen molar-refractivity contribution in [2.24, 2.45) is 5.73 Å². The number of hydrogen-bond donors (Lipinski definition) is 1. The topological polar surface area (TPSA) is 52.0 Å². The van der Waals surface area contributed by atoms with Crippen molar-refractivity contribution in [2.45, 2.75) is 19.4 Å². The first-order valence-corrected chi connectivity index (χ1v) is 6.46. The van der Waals surface area contributed by atoms with Gasteiger partial charge in [0, 0.05) is 16.1 Å². The van der Waals surface area contributed by atoms with Gasteiger partial charge in [0.2, 0.25) is 0 Å². The van der Waals surface area contributed by atoms with Crippen LogP contribution in [0.2, 0.25) is 5.02 Å². The molecule has 0 aliphatic carbocycles. The monoisotopic (exact) mass is 314 g/mol. The third-order valence-electron chi connectivity index (χ3n) is 2.54. The highest BCUT2D eigenvalue weighted by atomic mass is 79.9. The van der Waals surface area contributed by atoms with Gasteiger partial charge in [0.15, 0.2) is 5.76 Å². The second-order valence-electron chi connectivity index (χ2n) is 3.75. The normalized spacial score (nSPS) is 12.7. The molecule has 2 N–H and O–H groups in total. The Labute approximate surface area is 113 Å². The van der Waals surface area contributed by atoms with Gasteiger partial charge in [-0.3, -0.25) is 0 Å². The molecule has 0 spiro atoms. The van der Waals surface area contributed by atoms with E-state index >= 15 is 0 Å². The van der Waals surface area contributed by atoms with E-state index in [0.717, 1.165) is 16.5 Å². The molecule has 0 fully saturated rings. The molecule has 1 atom stereocenters. The van der Waals surface area contributed by atoms with Gasteiger partial charge < -0.3 is 10.3 Å². The molecule has 0 saturated carbocycles. The van der Waals surface area contributed by atoms with Crippen LogP contribution in [-0.4, -0.2) is 5.16 Å². The van der Waals surface area contributed by atoms with Crippen molar-refractivity contribution < 1.29 is 4.52 Å². The number of nitrogens with two attached hydrogens (primary N) is 1. The fourth-order valence-corrected chi connectivity index (χ4v) is 2.26. The lowest BCUT2D eigenvalue weighted by molar-refractivity contribution is 0.360. The molecule has 1 heterocycles. The third kappa shape index (κ3) is 2.70. The molecule has 2 rings (SSSR count). The molecule has 90 valence electrons. The third-order valence-corrected chi connectivity index (χ3v) is 3.35. The van der Waals surface area contributed by atoms with Crippen LogP contribution in [0.4, 0.5) is 0 Å². The van der Waals surface area contributed by atoms with Gasteiger partial charge in [-0.15, -0.1) is 0 Å². The Bertz CT molecular complexity index is 527. The predicted octanol–water partition coefficient (Wildman–Crippen LogP) is 4.17. The average molecular weight is 316 g/mol. The molecule has 0 saturated heterocycles. The lowest BCUT2D eigenvalue weighted by Gasteiger charge is -2.01. The fraction of sp³-hybridized carbons (Fsp3) is 0.250. The molecule has 0 aliphatic heterocycles. The first-order valence-electron chi connectivity index (χ1n) is 5.29. The Balaban J connectivity index is 2.37. The molecular weight excluding hydrogens is 304 g/mol. The summed E-state index contributed by atoms with van der Waals surface area (Å²) < 4.78 is 6.14. The number of nitrogens with zero attached hydrogens (tertiary/aromatic N) is 1. The van der Waals surface area contributed by atoms with E-state index in [1.807, 2.05) is 31.2 Å². The average Bonchev–Trinajstić information content (AvgIpc) is 2.77. The van der Waals surface area contributed by atoms with E-state index in [4.69, 9.17) is 21.9 Å². The number of aromatic nitrogens is 1. The number of hydrogen-bond acceptors (Lipinski definition) is 3. The van der Waals surface area contributed by atoms with Gasteiger partial charge in [0.25, 0.3) is 0 Å². The van der Waals surface area contributed by atoms with Crippen molar-refractivity contribution >= 4 is 27.5 Å². The van der Waals surface area contributed by atoms with Crippen molar-refractivity contribution in [2.75, 3.05) is 0 Å². The van der Waals surface area contributed by atoms with E-state index < -0.39 is 0 Å². The first-order chi connectivity index (χ1) is 8.11. The summed E-state index contributed by atoms with van der Waals surface area (Å²) in [7, 11) is 0. The lowest BCUT2D eigenvalue weighted by Crippen LogP contribution is -2.06. The first kappa shape index (κ1) is 12.6. The van der Waals surface area contributed by atoms with Crippen molar-refractivity contribution in [1.29, 1.82) is 0 Å². The number of rotatable bonds is 3. The highest BCUT2D eigenvalue weighted by Crippen LogP contribution is 2.31. The Morgan fingerprint density at radius 3 is 2.88 bits per heavy atom. The van der Waals surface area contributed by atoms with Gasteiger partial charge >= 0.3 is 0 Å². The standard InChI is InChI=1S/C12H12BrClN2O/c1-2-10(15)12-6-11(16-17-12)8-4-3-7(13)5-9(8)14/h3-6,10H,2,15H2,1H3. The summed E-state index contributed by atoms with van der Waals surface area (Å²) in [5, 5.41) is 4.62. The van der Waals surface area contributed by atoms with Crippen LogP contribution in [-0.2, 0) is 0 Å². The quantitative estimate of drug-likeness (QED) is 0.925. The summed E-state index contributed by atoms with van der Waals surface area (Å²) in [4.78, 5) is 0. The predicted molar refractivity (Wildman–Crippen MR) is 71.9 cm³/mol. The largest absolute Gasteiger partial charge is 0.359 e. The maximum atomic E-state index is 6.14. The van der Waals surface area contributed by atoms with Crippen molar-refractivity contribution in [3.63, 3.8) is 0 Å². The highest BCUT2D eigenvalue weighted by molar-refractivity contribution is 9.10. The van der Waals surface area contributed by atoms with Gasteiger partial charge in [0.1, 0.15) is 5.69 Å². The Hall–Kier alpha value is -0.840. The fourth-order valence-electron chi connectivity index (χ4n) is 1.49. The molecule has 0 radical (unpaired) electrons. The van der Waals surface area contributed by atoms with Crippen LogP contribution in [0.25, 0.3) is 11.3 Å². The van der Waals surface area contributed by atoms with E-state index in [0.29, 0.717) is 16.5 Å². The number of benzene rings is 1. The van der Waals surface area contributed by atoms with Crippen molar-refractivity contribution in [3.05, 3.63) is 39.5 Å². The van der Waals surface area contributed by atoms with Gasteiger partial charge in [-0.2, -0.15) is 0 Å². The summed E-state index contributed by atoms with van der Waals surface area (Å²) in [6.07, 6.45) is 0.808. The second kappa shape index (κ2) is 5.21. The van der Waals surface area contributed by atoms with E-state index in [1.54, 1.807) is 0 Å². The Morgan fingerprint density at radius 2 is 2.24 bits per heavy atom. The van der Waals surface area contributed by atoms with Crippen LogP contribution >= 0.6 is 27.5 Å². The van der Waals surface area contributed by atoms with Crippen LogP contribution in [0.1, 0.15) is 25.1 Å². The van der Waals surface area contributed by atoms with Crippen LogP contribution in [0.15, 0.2) is 33.3 Å². The summed E-state index contributed by atoms with van der Waals surface area (Å²) in [5.41, 5.74) is 7.42. The molecule has 17 heavy (non-hydrogen) atoms. The molecule has 0 aliphatic rings. The molecule has 0 amide bonds. The summed E-state index contributed by atoms with van der Waals surface area (Å²) in [6.45, 7) is 2.00. The smallest absolute Gasteiger partial charge is 0.154 e. The van der Waals surface area contributed by atoms with E-state index in [9.17, 15) is 0 Å². The second-order valence-corrected chi connectivity index (χ2v) is 5.08. The lowest BCUT2D eigenvalue weighted by atomic mass is 10.1. The van der Waals surface area contributed by atoms with Gasteiger partial charge in [-0.25, -0.2) is 0 Å². The molecular formula is C12H12BrClN2O. The summed E-state index contributed by atoms with van der Waals surface area (Å²) in [6, 6.07) is 7.35. The molecule has 1 aromatic heterocycles. The Morgan fingerprint density at radius 1 is 1.47 bits per heavy atom. The molecule has 1 aromatic carbocycles. The number of halogens is 2. The maximum Gasteiger partial charge on any atom is 0.154 e. The van der Waals surface area contributed by atoms with E-state index in [1.165, 1.54) is 0 Å². The summed E-state index contributed by atoms with van der Waals surface area (Å²) in [5.74, 6) is 0.682. The van der Waals surface area contributed by atoms with E-state index in [-0.39, 0.29) is 6.04 Å². The highest BCUT2D eigenvalue weighted by Gasteiger charge is 2.13. The van der Waals surface area contributed by atoms with Crippen LogP contribution < -0.4 is 5.73 Å². The molecule has 1 unspecified atom stereocenters. The SMILES string of the molecule is CCC(N)c1cc(-c2ccc(Br)cc2Cl)no1. The minimum absolute atomic E-state index is 0.120. The minimum atomic E-state index is -0.120. The van der Waals surface area contributed by atoms with Gasteiger partial charge in [-0.05, 0) is 18.6 Å². The zero-order valence-electron chi connectivity index (χ0n) is 9.28. The molecule has 3 nitrogen and oxygen atoms in total.